The zero-order valence-electron chi connectivity index (χ0n) is 20.4. The molecule has 10 heteroatoms. The molecule has 0 aliphatic heterocycles. The van der Waals surface area contributed by atoms with Gasteiger partial charge >= 0.3 is 5.97 Å². The number of aliphatic carboxylic acids is 1. The molecule has 0 radical (unpaired) electrons. The van der Waals surface area contributed by atoms with E-state index in [1.54, 1.807) is 0 Å². The number of halogens is 2. The molecule has 188 valence electrons. The molecule has 0 fully saturated rings. The number of hydrogen-bond acceptors (Lipinski definition) is 5. The van der Waals surface area contributed by atoms with Gasteiger partial charge in [-0.15, -0.1) is 0 Å². The molecule has 8 nitrogen and oxygen atoms in total. The molecule has 2 atom stereocenters. The summed E-state index contributed by atoms with van der Waals surface area (Å²) in [5, 5.41) is 16.3. The molecule has 1 aromatic carbocycles. The molecule has 1 heterocycles. The molecule has 2 N–H and O–H groups in total. The van der Waals surface area contributed by atoms with E-state index in [9.17, 15) is 23.5 Å². The maximum Gasteiger partial charge on any atom is 0.305 e. The molecular formula is C24H33F2N3O5. The first-order chi connectivity index (χ1) is 16.0. The number of methoxy groups -OCH3 is 2. The van der Waals surface area contributed by atoms with Crippen molar-refractivity contribution in [1.82, 2.24) is 15.1 Å². The molecule has 0 spiro atoms. The summed E-state index contributed by atoms with van der Waals surface area (Å²) in [5.74, 6) is -3.62. The Morgan fingerprint density at radius 3 is 2.18 bits per heavy atom. The van der Waals surface area contributed by atoms with Crippen LogP contribution in [-0.2, 0) is 11.3 Å². The molecule has 0 saturated heterocycles. The summed E-state index contributed by atoms with van der Waals surface area (Å²) in [6.07, 6.45) is 1.04. The van der Waals surface area contributed by atoms with E-state index in [1.807, 2.05) is 27.7 Å². The van der Waals surface area contributed by atoms with Crippen LogP contribution in [-0.4, -0.2) is 47.0 Å². The van der Waals surface area contributed by atoms with Crippen LogP contribution in [0.15, 0.2) is 12.1 Å². The second-order valence-electron chi connectivity index (χ2n) is 8.79. The van der Waals surface area contributed by atoms with Crippen molar-refractivity contribution in [2.75, 3.05) is 14.2 Å². The highest BCUT2D eigenvalue weighted by Crippen LogP contribution is 2.42. The van der Waals surface area contributed by atoms with Crippen LogP contribution in [0, 0.1) is 23.5 Å². The van der Waals surface area contributed by atoms with Crippen molar-refractivity contribution >= 4 is 11.9 Å². The van der Waals surface area contributed by atoms with Crippen LogP contribution in [0.1, 0.15) is 57.4 Å². The maximum absolute atomic E-state index is 14.6. The average Bonchev–Trinajstić information content (AvgIpc) is 3.15. The second kappa shape index (κ2) is 11.8. The number of benzene rings is 1. The lowest BCUT2D eigenvalue weighted by atomic mass is 10.0. The molecule has 2 aromatic rings. The van der Waals surface area contributed by atoms with Crippen LogP contribution >= 0.6 is 0 Å². The van der Waals surface area contributed by atoms with E-state index in [2.05, 4.69) is 10.4 Å². The van der Waals surface area contributed by atoms with E-state index in [1.165, 1.54) is 25.0 Å². The standard InChI is InChI=1S/C24H33F2N3O5/c1-7-14(4)12-29-19(21-22(33-5)16(25)10-17(26)23(21)34-6)11-18(28-29)24(32)27-15(8-13(2)3)9-20(30)31/h10-11,13-15H,7-9,12H2,1-6H3,(H,27,32)(H,30,31). The third kappa shape index (κ3) is 6.45. The van der Waals surface area contributed by atoms with Crippen molar-refractivity contribution in [1.29, 1.82) is 0 Å². The van der Waals surface area contributed by atoms with Gasteiger partial charge in [-0.2, -0.15) is 5.10 Å². The molecule has 0 aliphatic rings. The van der Waals surface area contributed by atoms with Crippen LogP contribution in [0.4, 0.5) is 8.78 Å². The van der Waals surface area contributed by atoms with E-state index in [4.69, 9.17) is 9.47 Å². The zero-order valence-corrected chi connectivity index (χ0v) is 20.4. The molecule has 0 aliphatic carbocycles. The summed E-state index contributed by atoms with van der Waals surface area (Å²) < 4.78 is 41.0. The molecule has 2 unspecified atom stereocenters. The Balaban J connectivity index is 2.60. The minimum absolute atomic E-state index is 0.00150. The van der Waals surface area contributed by atoms with Crippen molar-refractivity contribution < 1.29 is 33.0 Å². The number of ether oxygens (including phenoxy) is 2. The fourth-order valence-corrected chi connectivity index (χ4v) is 3.74. The maximum atomic E-state index is 14.6. The Hall–Kier alpha value is -3.17. The lowest BCUT2D eigenvalue weighted by Crippen LogP contribution is -2.37. The number of carbonyl (C=O) groups excluding carboxylic acids is 1. The number of rotatable bonds is 12. The monoisotopic (exact) mass is 481 g/mol. The van der Waals surface area contributed by atoms with E-state index in [0.717, 1.165) is 6.42 Å². The van der Waals surface area contributed by atoms with Crippen molar-refractivity contribution in [3.63, 3.8) is 0 Å². The first-order valence-electron chi connectivity index (χ1n) is 11.2. The molecule has 0 saturated carbocycles. The Kier molecular flexibility index (Phi) is 9.40. The van der Waals surface area contributed by atoms with Gasteiger partial charge in [0.25, 0.3) is 5.91 Å². The van der Waals surface area contributed by atoms with E-state index in [0.29, 0.717) is 19.0 Å². The molecular weight excluding hydrogens is 448 g/mol. The number of hydrogen-bond donors (Lipinski definition) is 2. The van der Waals surface area contributed by atoms with E-state index >= 15 is 0 Å². The summed E-state index contributed by atoms with van der Waals surface area (Å²) in [4.78, 5) is 24.3. The largest absolute Gasteiger partial charge is 0.493 e. The van der Waals surface area contributed by atoms with Crippen molar-refractivity contribution in [2.24, 2.45) is 11.8 Å². The SMILES string of the molecule is CCC(C)Cn1nc(C(=O)NC(CC(=O)O)CC(C)C)cc1-c1c(OC)c(F)cc(F)c1OC. The third-order valence-corrected chi connectivity index (χ3v) is 5.51. The van der Waals surface area contributed by atoms with Gasteiger partial charge in [-0.05, 0) is 24.3 Å². The van der Waals surface area contributed by atoms with Crippen LogP contribution in [0.3, 0.4) is 0 Å². The quantitative estimate of drug-likeness (QED) is 0.462. The Morgan fingerprint density at radius 1 is 1.12 bits per heavy atom. The summed E-state index contributed by atoms with van der Waals surface area (Å²) in [6, 6.07) is 1.49. The van der Waals surface area contributed by atoms with Crippen molar-refractivity contribution in [3.8, 4) is 22.8 Å². The van der Waals surface area contributed by atoms with Gasteiger partial charge in [-0.3, -0.25) is 14.3 Å². The van der Waals surface area contributed by atoms with Gasteiger partial charge in [-0.25, -0.2) is 8.78 Å². The number of amides is 1. The lowest BCUT2D eigenvalue weighted by Gasteiger charge is -2.18. The van der Waals surface area contributed by atoms with E-state index < -0.39 is 29.6 Å². The highest BCUT2D eigenvalue weighted by atomic mass is 19.1. The molecule has 2 rings (SSSR count). The topological polar surface area (TPSA) is 103 Å². The van der Waals surface area contributed by atoms with Gasteiger partial charge in [0.1, 0.15) is 0 Å². The minimum atomic E-state index is -1.03. The lowest BCUT2D eigenvalue weighted by molar-refractivity contribution is -0.137. The van der Waals surface area contributed by atoms with Gasteiger partial charge in [0.05, 0.1) is 31.9 Å². The second-order valence-corrected chi connectivity index (χ2v) is 8.79. The Labute approximate surface area is 198 Å². The van der Waals surface area contributed by atoms with Gasteiger partial charge in [0.15, 0.2) is 28.8 Å². The van der Waals surface area contributed by atoms with Crippen LogP contribution < -0.4 is 14.8 Å². The number of aromatic nitrogens is 2. The molecule has 0 bridgehead atoms. The highest BCUT2D eigenvalue weighted by Gasteiger charge is 2.28. The first kappa shape index (κ1) is 27.1. The van der Waals surface area contributed by atoms with Crippen molar-refractivity contribution in [2.45, 2.75) is 59.5 Å². The van der Waals surface area contributed by atoms with E-state index in [-0.39, 0.29) is 46.7 Å². The predicted octanol–water partition coefficient (Wildman–Crippen LogP) is 4.51. The molecule has 1 aromatic heterocycles. The fourth-order valence-electron chi connectivity index (χ4n) is 3.74. The number of carboxylic acid groups (broad SMARTS) is 1. The van der Waals surface area contributed by atoms with Gasteiger partial charge in [0.2, 0.25) is 0 Å². The smallest absolute Gasteiger partial charge is 0.305 e. The highest BCUT2D eigenvalue weighted by molar-refractivity contribution is 5.94. The third-order valence-electron chi connectivity index (χ3n) is 5.51. The zero-order chi connectivity index (χ0) is 25.6. The number of carboxylic acids is 1. The number of nitrogens with zero attached hydrogens (tertiary/aromatic N) is 2. The van der Waals surface area contributed by atoms with Crippen molar-refractivity contribution in [3.05, 3.63) is 29.5 Å². The normalized spacial score (nSPS) is 13.0. The first-order valence-corrected chi connectivity index (χ1v) is 11.2. The Bertz CT molecular complexity index is 994. The number of nitrogens with one attached hydrogen (secondary N) is 1. The average molecular weight is 482 g/mol. The predicted molar refractivity (Wildman–Crippen MR) is 123 cm³/mol. The fraction of sp³-hybridized carbons (Fsp3) is 0.542. The summed E-state index contributed by atoms with van der Waals surface area (Å²) in [6.45, 7) is 8.20. The Morgan fingerprint density at radius 2 is 1.71 bits per heavy atom. The van der Waals surface area contributed by atoms with Crippen LogP contribution in [0.25, 0.3) is 11.3 Å². The van der Waals surface area contributed by atoms with Gasteiger partial charge < -0.3 is 19.9 Å². The van der Waals surface area contributed by atoms with Gasteiger partial charge in [0, 0.05) is 18.7 Å². The van der Waals surface area contributed by atoms with Crippen LogP contribution in [0.5, 0.6) is 11.5 Å². The van der Waals surface area contributed by atoms with Crippen LogP contribution in [0.2, 0.25) is 0 Å². The molecule has 1 amide bonds. The molecule has 34 heavy (non-hydrogen) atoms. The summed E-state index contributed by atoms with van der Waals surface area (Å²) in [5.41, 5.74) is 0.240. The minimum Gasteiger partial charge on any atom is -0.493 e. The summed E-state index contributed by atoms with van der Waals surface area (Å²) in [7, 11) is 2.51. The summed E-state index contributed by atoms with van der Waals surface area (Å²) >= 11 is 0. The van der Waals surface area contributed by atoms with Gasteiger partial charge in [-0.1, -0.05) is 34.1 Å². The number of carbonyl (C=O) groups is 2.